The number of aliphatic imine (C=N–C) groups is 1. The molecule has 0 aromatic carbocycles. The average Bonchev–Trinajstić information content (AvgIpc) is 2.75. The van der Waals surface area contributed by atoms with Gasteiger partial charge in [-0.15, -0.1) is 24.0 Å². The van der Waals surface area contributed by atoms with Crippen LogP contribution in [0.2, 0.25) is 0 Å². The first-order valence-corrected chi connectivity index (χ1v) is 6.36. The molecule has 3 N–H and O–H groups in total. The van der Waals surface area contributed by atoms with Crippen LogP contribution in [0.5, 0.6) is 0 Å². The molecule has 18 heavy (non-hydrogen) atoms. The second kappa shape index (κ2) is 8.34. The largest absolute Gasteiger partial charge is 0.370 e. The maximum Gasteiger partial charge on any atom is 0.188 e. The molecule has 1 aliphatic carbocycles. The van der Waals surface area contributed by atoms with Crippen molar-refractivity contribution in [2.45, 2.75) is 32.2 Å². The van der Waals surface area contributed by atoms with Crippen molar-refractivity contribution in [1.82, 2.24) is 15.1 Å². The Labute approximate surface area is 125 Å². The van der Waals surface area contributed by atoms with Crippen LogP contribution in [0.3, 0.4) is 0 Å². The Morgan fingerprint density at radius 2 is 2.33 bits per heavy atom. The van der Waals surface area contributed by atoms with Gasteiger partial charge in [0.1, 0.15) is 0 Å². The Morgan fingerprint density at radius 3 is 2.94 bits per heavy atom. The van der Waals surface area contributed by atoms with E-state index in [0.717, 1.165) is 32.0 Å². The van der Waals surface area contributed by atoms with E-state index in [-0.39, 0.29) is 24.0 Å². The van der Waals surface area contributed by atoms with Gasteiger partial charge < -0.3 is 11.1 Å². The van der Waals surface area contributed by atoms with Crippen LogP contribution < -0.4 is 11.1 Å². The van der Waals surface area contributed by atoms with Crippen LogP contribution in [0.15, 0.2) is 23.5 Å². The van der Waals surface area contributed by atoms with Gasteiger partial charge in [-0.25, -0.2) is 0 Å². The number of rotatable bonds is 6. The van der Waals surface area contributed by atoms with Crippen molar-refractivity contribution in [2.75, 3.05) is 13.1 Å². The lowest BCUT2D eigenvalue weighted by atomic mass is 9.86. The van der Waals surface area contributed by atoms with E-state index in [0.29, 0.717) is 5.96 Å². The summed E-state index contributed by atoms with van der Waals surface area (Å²) < 4.78 is 1.92. The predicted molar refractivity (Wildman–Crippen MR) is 84.1 cm³/mol. The number of hydrogen-bond acceptors (Lipinski definition) is 2. The van der Waals surface area contributed by atoms with Crippen LogP contribution in [-0.2, 0) is 6.54 Å². The highest BCUT2D eigenvalue weighted by Gasteiger charge is 2.16. The van der Waals surface area contributed by atoms with E-state index in [1.165, 1.54) is 19.3 Å². The highest BCUT2D eigenvalue weighted by Crippen LogP contribution is 2.26. The summed E-state index contributed by atoms with van der Waals surface area (Å²) in [5.41, 5.74) is 5.78. The molecule has 0 spiro atoms. The highest BCUT2D eigenvalue weighted by atomic mass is 127. The number of aryl methyl sites for hydroxylation is 1. The standard InChI is InChI=1S/C12H21N5.HI/c13-12(15-10-11-4-1-5-11)14-6-2-8-17-9-3-7-16-17;/h3,7,9,11H,1-2,4-6,8,10H2,(H3,13,14,15);1H. The molecule has 0 unspecified atom stereocenters. The Kier molecular flexibility index (Phi) is 7.07. The van der Waals surface area contributed by atoms with Gasteiger partial charge in [-0.1, -0.05) is 6.42 Å². The molecule has 0 saturated heterocycles. The van der Waals surface area contributed by atoms with Gasteiger partial charge in [0.2, 0.25) is 0 Å². The molecule has 2 rings (SSSR count). The molecule has 102 valence electrons. The van der Waals surface area contributed by atoms with Gasteiger partial charge in [-0.2, -0.15) is 5.10 Å². The monoisotopic (exact) mass is 363 g/mol. The van der Waals surface area contributed by atoms with Gasteiger partial charge >= 0.3 is 0 Å². The first-order valence-electron chi connectivity index (χ1n) is 6.36. The summed E-state index contributed by atoms with van der Waals surface area (Å²) >= 11 is 0. The quantitative estimate of drug-likeness (QED) is 0.349. The number of halogens is 1. The number of nitrogens with two attached hydrogens (primary N) is 1. The second-order valence-electron chi connectivity index (χ2n) is 4.57. The molecule has 1 aromatic heterocycles. The molecule has 1 heterocycles. The minimum atomic E-state index is 0. The topological polar surface area (TPSA) is 68.2 Å². The first-order chi connectivity index (χ1) is 8.34. The van der Waals surface area contributed by atoms with Crippen LogP contribution in [0.4, 0.5) is 0 Å². The van der Waals surface area contributed by atoms with Gasteiger partial charge in [0.15, 0.2) is 5.96 Å². The van der Waals surface area contributed by atoms with Crippen molar-refractivity contribution >= 4 is 29.9 Å². The van der Waals surface area contributed by atoms with Crippen molar-refractivity contribution in [1.29, 1.82) is 0 Å². The third-order valence-corrected chi connectivity index (χ3v) is 3.17. The molecule has 1 aromatic rings. The molecule has 1 saturated carbocycles. The minimum absolute atomic E-state index is 0. The van der Waals surface area contributed by atoms with E-state index >= 15 is 0 Å². The molecule has 0 amide bonds. The van der Waals surface area contributed by atoms with Gasteiger partial charge in [-0.05, 0) is 31.2 Å². The summed E-state index contributed by atoms with van der Waals surface area (Å²) in [7, 11) is 0. The Bertz CT molecular complexity index is 345. The smallest absolute Gasteiger partial charge is 0.188 e. The Hall–Kier alpha value is -0.790. The van der Waals surface area contributed by atoms with Gasteiger partial charge in [0.25, 0.3) is 0 Å². The van der Waals surface area contributed by atoms with E-state index in [9.17, 15) is 0 Å². The van der Waals surface area contributed by atoms with Crippen LogP contribution in [0.1, 0.15) is 25.7 Å². The molecule has 0 radical (unpaired) electrons. The molecule has 1 fully saturated rings. The number of hydrogen-bond donors (Lipinski definition) is 2. The number of guanidine groups is 1. The fourth-order valence-corrected chi connectivity index (χ4v) is 1.85. The van der Waals surface area contributed by atoms with Gasteiger partial charge in [0.05, 0.1) is 0 Å². The SMILES string of the molecule is I.NC(=NCC1CCC1)NCCCn1cccn1. The summed E-state index contributed by atoms with van der Waals surface area (Å²) in [5, 5.41) is 7.27. The molecule has 6 heteroatoms. The van der Waals surface area contributed by atoms with E-state index in [1.807, 2.05) is 16.9 Å². The molecule has 1 aliphatic rings. The van der Waals surface area contributed by atoms with Crippen LogP contribution >= 0.6 is 24.0 Å². The fourth-order valence-electron chi connectivity index (χ4n) is 1.85. The van der Waals surface area contributed by atoms with Crippen molar-refractivity contribution in [3.05, 3.63) is 18.5 Å². The normalized spacial score (nSPS) is 15.9. The second-order valence-corrected chi connectivity index (χ2v) is 4.57. The number of aromatic nitrogens is 2. The third kappa shape index (κ3) is 5.24. The third-order valence-electron chi connectivity index (χ3n) is 3.17. The molecule has 0 bridgehead atoms. The maximum absolute atomic E-state index is 5.78. The predicted octanol–water partition coefficient (Wildman–Crippen LogP) is 1.60. The number of nitrogens with one attached hydrogen (secondary N) is 1. The van der Waals surface area contributed by atoms with Gasteiger partial charge in [-0.3, -0.25) is 9.67 Å². The van der Waals surface area contributed by atoms with Crippen LogP contribution in [0, 0.1) is 5.92 Å². The first kappa shape index (κ1) is 15.3. The lowest BCUT2D eigenvalue weighted by Crippen LogP contribution is -2.33. The van der Waals surface area contributed by atoms with Crippen LogP contribution in [-0.4, -0.2) is 28.8 Å². The summed E-state index contributed by atoms with van der Waals surface area (Å²) in [6.45, 7) is 2.65. The Morgan fingerprint density at radius 1 is 1.50 bits per heavy atom. The molecule has 0 aliphatic heterocycles. The van der Waals surface area contributed by atoms with Crippen molar-refractivity contribution < 1.29 is 0 Å². The fraction of sp³-hybridized carbons (Fsp3) is 0.667. The van der Waals surface area contributed by atoms with Crippen molar-refractivity contribution in [3.8, 4) is 0 Å². The summed E-state index contributed by atoms with van der Waals surface area (Å²) in [6, 6.07) is 1.93. The lowest BCUT2D eigenvalue weighted by molar-refractivity contribution is 0.326. The van der Waals surface area contributed by atoms with E-state index in [1.54, 1.807) is 6.20 Å². The lowest BCUT2D eigenvalue weighted by Gasteiger charge is -2.23. The zero-order chi connectivity index (χ0) is 11.9. The maximum atomic E-state index is 5.78. The van der Waals surface area contributed by atoms with Crippen molar-refractivity contribution in [3.63, 3.8) is 0 Å². The minimum Gasteiger partial charge on any atom is -0.370 e. The molecular formula is C12H22IN5. The summed E-state index contributed by atoms with van der Waals surface area (Å²) in [5.74, 6) is 1.36. The highest BCUT2D eigenvalue weighted by molar-refractivity contribution is 14.0. The van der Waals surface area contributed by atoms with E-state index in [4.69, 9.17) is 5.73 Å². The summed E-state index contributed by atoms with van der Waals surface area (Å²) in [4.78, 5) is 4.34. The molecule has 5 nitrogen and oxygen atoms in total. The molecule has 0 atom stereocenters. The number of nitrogens with zero attached hydrogens (tertiary/aromatic N) is 3. The van der Waals surface area contributed by atoms with E-state index in [2.05, 4.69) is 15.4 Å². The molecular weight excluding hydrogens is 341 g/mol. The average molecular weight is 363 g/mol. The summed E-state index contributed by atoms with van der Waals surface area (Å²) in [6.07, 6.45) is 8.75. The Balaban J connectivity index is 0.00000162. The zero-order valence-corrected chi connectivity index (χ0v) is 12.9. The van der Waals surface area contributed by atoms with Crippen LogP contribution in [0.25, 0.3) is 0 Å². The van der Waals surface area contributed by atoms with Gasteiger partial charge in [0, 0.05) is 32.0 Å². The van der Waals surface area contributed by atoms with E-state index < -0.39 is 0 Å². The van der Waals surface area contributed by atoms with Crippen molar-refractivity contribution in [2.24, 2.45) is 16.6 Å². The zero-order valence-electron chi connectivity index (χ0n) is 10.6.